The summed E-state index contributed by atoms with van der Waals surface area (Å²) in [4.78, 5) is 29.9. The number of alkyl carbamates (subject to hydrolysis) is 1. The Hall–Kier alpha value is -2.75. The molecule has 2 fully saturated rings. The molecule has 2 aliphatic heterocycles. The van der Waals surface area contributed by atoms with Crippen LogP contribution in [-0.2, 0) is 16.0 Å². The normalized spacial score (nSPS) is 23.8. The van der Waals surface area contributed by atoms with E-state index < -0.39 is 42.6 Å². The molecule has 0 aromatic heterocycles. The van der Waals surface area contributed by atoms with E-state index in [-0.39, 0.29) is 30.4 Å². The Bertz CT molecular complexity index is 1070. The SMILES string of the molecule is CC(CC(C)(C)N1CC[C@H](F)C1)C(C#N)C(=O)N1CCC[C@]1(C)COC(=O)N[C@@H](Cc1ccc(F)cc1)B(O)O. The molecule has 2 heterocycles. The molecule has 1 aromatic carbocycles. The topological polar surface area (TPSA) is 126 Å². The van der Waals surface area contributed by atoms with Gasteiger partial charge in [0.1, 0.15) is 24.5 Å². The van der Waals surface area contributed by atoms with Gasteiger partial charge in [0.15, 0.2) is 0 Å². The van der Waals surface area contributed by atoms with Gasteiger partial charge in [-0.1, -0.05) is 19.1 Å². The summed E-state index contributed by atoms with van der Waals surface area (Å²) in [6.45, 7) is 8.98. The maximum Gasteiger partial charge on any atom is 0.475 e. The lowest BCUT2D eigenvalue weighted by molar-refractivity contribution is -0.140. The van der Waals surface area contributed by atoms with Crippen molar-refractivity contribution in [1.82, 2.24) is 15.1 Å². The van der Waals surface area contributed by atoms with E-state index in [1.165, 1.54) is 24.3 Å². The molecule has 2 saturated heterocycles. The number of carbonyl (C=O) groups is 2. The highest BCUT2D eigenvalue weighted by Gasteiger charge is 2.45. The van der Waals surface area contributed by atoms with Crippen LogP contribution < -0.4 is 5.32 Å². The third-order valence-corrected chi connectivity index (χ3v) is 8.34. The van der Waals surface area contributed by atoms with Crippen LogP contribution in [0.5, 0.6) is 0 Å². The fraction of sp³-hybridized carbons (Fsp3) is 0.679. The van der Waals surface area contributed by atoms with Crippen LogP contribution in [0.15, 0.2) is 24.3 Å². The largest absolute Gasteiger partial charge is 0.475 e. The van der Waals surface area contributed by atoms with Gasteiger partial charge in [0.05, 0.1) is 17.5 Å². The maximum absolute atomic E-state index is 13.8. The van der Waals surface area contributed by atoms with Gasteiger partial charge >= 0.3 is 13.2 Å². The number of halogens is 2. The molecule has 0 spiro atoms. The number of nitriles is 1. The minimum absolute atomic E-state index is 0.0381. The van der Waals surface area contributed by atoms with Crippen molar-refractivity contribution >= 4 is 19.1 Å². The third-order valence-electron chi connectivity index (χ3n) is 8.34. The molecule has 3 rings (SSSR count). The number of hydrogen-bond acceptors (Lipinski definition) is 7. The molecule has 5 atom stereocenters. The Morgan fingerprint density at radius 1 is 1.30 bits per heavy atom. The Balaban J connectivity index is 1.60. The zero-order valence-electron chi connectivity index (χ0n) is 23.8. The number of carbonyl (C=O) groups excluding carboxylic acids is 2. The van der Waals surface area contributed by atoms with Crippen LogP contribution in [0.1, 0.15) is 58.9 Å². The molecule has 0 radical (unpaired) electrons. The van der Waals surface area contributed by atoms with Crippen molar-refractivity contribution < 1.29 is 33.2 Å². The zero-order chi connectivity index (χ0) is 29.7. The van der Waals surface area contributed by atoms with Crippen LogP contribution in [0.2, 0.25) is 0 Å². The smallest absolute Gasteiger partial charge is 0.447 e. The summed E-state index contributed by atoms with van der Waals surface area (Å²) in [5.74, 6) is -3.03. The fourth-order valence-corrected chi connectivity index (χ4v) is 5.96. The van der Waals surface area contributed by atoms with Crippen LogP contribution in [0.25, 0.3) is 0 Å². The number of nitrogens with one attached hydrogen (secondary N) is 1. The Morgan fingerprint density at radius 2 is 1.98 bits per heavy atom. The minimum atomic E-state index is -1.88. The lowest BCUT2D eigenvalue weighted by atomic mass is 9.76. The first-order valence-corrected chi connectivity index (χ1v) is 13.9. The lowest BCUT2D eigenvalue weighted by Gasteiger charge is -2.40. The van der Waals surface area contributed by atoms with Gasteiger partial charge in [0.2, 0.25) is 5.91 Å². The van der Waals surface area contributed by atoms with Crippen LogP contribution in [0, 0.1) is 29.0 Å². The molecule has 2 aliphatic rings. The average Bonchev–Trinajstić information content (AvgIpc) is 3.50. The Kier molecular flexibility index (Phi) is 10.5. The van der Waals surface area contributed by atoms with Gasteiger partial charge in [0, 0.05) is 25.2 Å². The fourth-order valence-electron chi connectivity index (χ4n) is 5.96. The highest BCUT2D eigenvalue weighted by molar-refractivity contribution is 6.43. The van der Waals surface area contributed by atoms with Crippen LogP contribution in [0.4, 0.5) is 13.6 Å². The summed E-state index contributed by atoms with van der Waals surface area (Å²) in [6, 6.07) is 7.63. The minimum Gasteiger partial charge on any atom is -0.447 e. The molecule has 12 heteroatoms. The second-order valence-corrected chi connectivity index (χ2v) is 12.1. The van der Waals surface area contributed by atoms with E-state index in [0.717, 1.165) is 0 Å². The molecule has 220 valence electrons. The van der Waals surface area contributed by atoms with Crippen molar-refractivity contribution in [2.45, 2.75) is 83.0 Å². The summed E-state index contributed by atoms with van der Waals surface area (Å²) in [6.07, 6.45) is 0.579. The summed E-state index contributed by atoms with van der Waals surface area (Å²) in [5, 5.41) is 31.9. The molecule has 0 bridgehead atoms. The number of benzene rings is 1. The van der Waals surface area contributed by atoms with Crippen molar-refractivity contribution in [3.05, 3.63) is 35.6 Å². The van der Waals surface area contributed by atoms with E-state index in [1.807, 2.05) is 20.8 Å². The van der Waals surface area contributed by atoms with Gasteiger partial charge in [-0.2, -0.15) is 5.26 Å². The quantitative estimate of drug-likeness (QED) is 0.354. The number of rotatable bonds is 11. The van der Waals surface area contributed by atoms with Crippen molar-refractivity contribution in [3.63, 3.8) is 0 Å². The second kappa shape index (κ2) is 13.3. The molecular formula is C28H41BF2N4O5. The molecule has 2 amide bonds. The van der Waals surface area contributed by atoms with Crippen LogP contribution in [0.3, 0.4) is 0 Å². The lowest BCUT2D eigenvalue weighted by Crippen LogP contribution is -2.53. The van der Waals surface area contributed by atoms with Crippen molar-refractivity contribution in [2.24, 2.45) is 11.8 Å². The first-order valence-electron chi connectivity index (χ1n) is 13.9. The van der Waals surface area contributed by atoms with Gasteiger partial charge in [-0.05, 0) is 76.5 Å². The van der Waals surface area contributed by atoms with Crippen molar-refractivity contribution in [3.8, 4) is 6.07 Å². The first-order chi connectivity index (χ1) is 18.8. The van der Waals surface area contributed by atoms with E-state index >= 15 is 0 Å². The molecule has 2 unspecified atom stereocenters. The highest BCUT2D eigenvalue weighted by atomic mass is 19.1. The average molecular weight is 562 g/mol. The van der Waals surface area contributed by atoms with Crippen LogP contribution >= 0.6 is 0 Å². The molecule has 1 aromatic rings. The predicted octanol–water partition coefficient (Wildman–Crippen LogP) is 2.84. The van der Waals surface area contributed by atoms with E-state index in [0.29, 0.717) is 50.9 Å². The van der Waals surface area contributed by atoms with Gasteiger partial charge in [-0.15, -0.1) is 0 Å². The van der Waals surface area contributed by atoms with Crippen LogP contribution in [-0.4, -0.2) is 88.4 Å². The predicted molar refractivity (Wildman–Crippen MR) is 146 cm³/mol. The molecule has 40 heavy (non-hydrogen) atoms. The van der Waals surface area contributed by atoms with Gasteiger partial charge in [-0.3, -0.25) is 9.69 Å². The third kappa shape index (κ3) is 7.92. The molecular weight excluding hydrogens is 521 g/mol. The molecule has 9 nitrogen and oxygen atoms in total. The van der Waals surface area contributed by atoms with E-state index in [9.17, 15) is 33.7 Å². The number of likely N-dealkylation sites (tertiary alicyclic amines) is 2. The molecule has 3 N–H and O–H groups in total. The van der Waals surface area contributed by atoms with Crippen molar-refractivity contribution in [1.29, 1.82) is 5.26 Å². The summed E-state index contributed by atoms with van der Waals surface area (Å²) >= 11 is 0. The van der Waals surface area contributed by atoms with Gasteiger partial charge in [0.25, 0.3) is 0 Å². The number of nitrogens with zero attached hydrogens (tertiary/aromatic N) is 3. The Labute approximate surface area is 235 Å². The monoisotopic (exact) mass is 562 g/mol. The summed E-state index contributed by atoms with van der Waals surface area (Å²) in [5.41, 5.74) is -0.611. The van der Waals surface area contributed by atoms with E-state index in [1.54, 1.807) is 11.8 Å². The van der Waals surface area contributed by atoms with Crippen molar-refractivity contribution in [2.75, 3.05) is 26.2 Å². The number of amides is 2. The summed E-state index contributed by atoms with van der Waals surface area (Å²) in [7, 11) is -1.88. The molecule has 0 aliphatic carbocycles. The maximum atomic E-state index is 13.8. The standard InChI is InChI=1S/C28H41BF2N4O5/c1-19(15-27(2,3)34-13-10-22(31)17-34)23(16-32)25(36)35-12-5-11-28(35,4)18-40-26(37)33-24(29(38)39)14-20-6-8-21(30)9-7-20/h6-9,19,22-24,38-39H,5,10-15,17-18H2,1-4H3,(H,33,37)/t19?,22-,23?,24-,28+/m0/s1. The van der Waals surface area contributed by atoms with E-state index in [2.05, 4.69) is 16.3 Å². The zero-order valence-corrected chi connectivity index (χ0v) is 23.8. The molecule has 0 saturated carbocycles. The number of hydrogen-bond donors (Lipinski definition) is 3. The summed E-state index contributed by atoms with van der Waals surface area (Å²) < 4.78 is 32.4. The second-order valence-electron chi connectivity index (χ2n) is 12.1. The number of ether oxygens (including phenoxy) is 1. The number of alkyl halides is 1. The van der Waals surface area contributed by atoms with Gasteiger partial charge < -0.3 is 25.0 Å². The first kappa shape index (κ1) is 31.8. The van der Waals surface area contributed by atoms with Gasteiger partial charge in [-0.25, -0.2) is 13.6 Å². The van der Waals surface area contributed by atoms with E-state index in [4.69, 9.17) is 4.74 Å². The highest BCUT2D eigenvalue weighted by Crippen LogP contribution is 2.35. The Morgan fingerprint density at radius 3 is 2.55 bits per heavy atom.